The number of anilines is 1. The number of allylic oxidation sites excluding steroid dienone is 19. The molecular weight excluding hydrogens is 753 g/mol. The maximum Gasteiger partial charge on any atom is 0.140 e. The van der Waals surface area contributed by atoms with Gasteiger partial charge in [-0.1, -0.05) is 123 Å². The van der Waals surface area contributed by atoms with Gasteiger partial charge >= 0.3 is 0 Å². The van der Waals surface area contributed by atoms with Gasteiger partial charge < -0.3 is 14.2 Å². The fraction of sp³-hybridized carbons (Fsp3) is 0.424. The standard InChI is InChI=1S/C59H62N2O/c1-59(2)50-18-10-8-16-46(50)47-32-31-44(36-51(47)59)60(41-25-22-38(23-26-41)37-12-4-3-5-13-37)42-27-29-43(30-28-42)61-52-19-11-9-17-48(52)56-53(61)34-33-49-57-54(62-58(49)56)35-24-40-21-20-39-14-6-7-15-45(39)55(40)57/h3-8,12,14-17,22-26,29,31-32,35-37,39-40,42,45,47,51-52,55H,9-11,13,18-21,27-28,30,33-34H2,1-2H3. The van der Waals surface area contributed by atoms with Crippen LogP contribution in [0.4, 0.5) is 5.69 Å². The molecule has 2 aromatic rings. The van der Waals surface area contributed by atoms with Crippen molar-refractivity contribution >= 4 is 17.3 Å². The van der Waals surface area contributed by atoms with E-state index in [0.717, 1.165) is 44.3 Å². The normalized spacial score (nSPS) is 34.1. The van der Waals surface area contributed by atoms with E-state index in [0.29, 0.717) is 53.5 Å². The van der Waals surface area contributed by atoms with Crippen LogP contribution in [0.25, 0.3) is 11.6 Å². The molecule has 10 aliphatic carbocycles. The van der Waals surface area contributed by atoms with E-state index in [9.17, 15) is 0 Å². The van der Waals surface area contributed by atoms with Crippen LogP contribution in [0.1, 0.15) is 131 Å². The molecule has 3 heteroatoms. The molecule has 0 spiro atoms. The SMILES string of the molecule is CC1(C)C2=C(C=CCC2)C2C=CC(N(c3ccc(C4C=CC=CC4)cc3)C3CC=C(N4C5=C(C6=CCCCC64)c4oc6c(c4CC5)C4C(C=C6)CCC5C=CC=CC54)CC3)=CC21. The van der Waals surface area contributed by atoms with Crippen LogP contribution in [0.2, 0.25) is 0 Å². The van der Waals surface area contributed by atoms with E-state index in [1.165, 1.54) is 78.8 Å². The lowest BCUT2D eigenvalue weighted by Crippen LogP contribution is -2.39. The fourth-order valence-electron chi connectivity index (χ4n) is 14.7. The third kappa shape index (κ3) is 5.68. The Labute approximate surface area is 369 Å². The van der Waals surface area contributed by atoms with Gasteiger partial charge in [-0.15, -0.1) is 0 Å². The molecule has 0 bridgehead atoms. The lowest BCUT2D eigenvalue weighted by molar-refractivity contribution is 0.235. The molecule has 0 N–H and O–H groups in total. The van der Waals surface area contributed by atoms with Gasteiger partial charge in [0.05, 0.1) is 6.04 Å². The summed E-state index contributed by atoms with van der Waals surface area (Å²) in [7, 11) is 0. The van der Waals surface area contributed by atoms with Crippen LogP contribution in [-0.2, 0) is 6.42 Å². The van der Waals surface area contributed by atoms with Crippen molar-refractivity contribution in [2.45, 2.75) is 121 Å². The molecule has 9 unspecified atom stereocenters. The van der Waals surface area contributed by atoms with Gasteiger partial charge in [-0.25, -0.2) is 0 Å². The summed E-state index contributed by atoms with van der Waals surface area (Å²) in [6, 6.07) is 10.5. The molecule has 2 heterocycles. The number of rotatable bonds is 5. The second-order valence-electron chi connectivity index (χ2n) is 21.0. The summed E-state index contributed by atoms with van der Waals surface area (Å²) in [5.41, 5.74) is 16.8. The van der Waals surface area contributed by atoms with Crippen molar-refractivity contribution in [3.05, 3.63) is 184 Å². The molecule has 1 aromatic heterocycles. The Morgan fingerprint density at radius 1 is 0.758 bits per heavy atom. The van der Waals surface area contributed by atoms with Gasteiger partial charge in [0.25, 0.3) is 0 Å². The Kier molecular flexibility index (Phi) is 8.78. The molecule has 1 aliphatic heterocycles. The van der Waals surface area contributed by atoms with Crippen LogP contribution in [-0.4, -0.2) is 17.0 Å². The molecule has 0 saturated heterocycles. The highest BCUT2D eigenvalue weighted by Gasteiger charge is 2.49. The number of fused-ring (bicyclic) bond motifs is 12. The highest BCUT2D eigenvalue weighted by Crippen LogP contribution is 2.59. The molecule has 314 valence electrons. The average molecular weight is 815 g/mol. The zero-order valence-corrected chi connectivity index (χ0v) is 36.8. The van der Waals surface area contributed by atoms with Crippen LogP contribution >= 0.6 is 0 Å². The second-order valence-corrected chi connectivity index (χ2v) is 21.0. The van der Waals surface area contributed by atoms with E-state index in [-0.39, 0.29) is 5.41 Å². The van der Waals surface area contributed by atoms with Crippen LogP contribution in [0.3, 0.4) is 0 Å². The smallest absolute Gasteiger partial charge is 0.140 e. The Hall–Kier alpha value is -5.02. The minimum Gasteiger partial charge on any atom is -0.456 e. The van der Waals surface area contributed by atoms with Gasteiger partial charge in [-0.05, 0) is 154 Å². The van der Waals surface area contributed by atoms with Crippen LogP contribution in [0.5, 0.6) is 0 Å². The first-order valence-electron chi connectivity index (χ1n) is 24.6. The predicted molar refractivity (Wildman–Crippen MR) is 255 cm³/mol. The third-order valence-electron chi connectivity index (χ3n) is 17.6. The van der Waals surface area contributed by atoms with E-state index in [1.807, 2.05) is 0 Å². The van der Waals surface area contributed by atoms with Crippen molar-refractivity contribution < 1.29 is 4.42 Å². The number of benzene rings is 1. The highest BCUT2D eigenvalue weighted by molar-refractivity contribution is 5.87. The van der Waals surface area contributed by atoms with Crippen molar-refractivity contribution in [2.24, 2.45) is 35.0 Å². The molecule has 0 radical (unpaired) electrons. The van der Waals surface area contributed by atoms with Crippen molar-refractivity contribution in [3.63, 3.8) is 0 Å². The van der Waals surface area contributed by atoms with Crippen molar-refractivity contribution in [1.82, 2.24) is 4.90 Å². The minimum atomic E-state index is 0.164. The van der Waals surface area contributed by atoms with E-state index >= 15 is 0 Å². The summed E-state index contributed by atoms with van der Waals surface area (Å²) in [6.45, 7) is 5.04. The van der Waals surface area contributed by atoms with Gasteiger partial charge in [-0.3, -0.25) is 0 Å². The maximum atomic E-state index is 7.14. The van der Waals surface area contributed by atoms with Crippen molar-refractivity contribution in [3.8, 4) is 0 Å². The Morgan fingerprint density at radius 3 is 2.52 bits per heavy atom. The molecular formula is C59H62N2O. The van der Waals surface area contributed by atoms with Gasteiger partial charge in [0.2, 0.25) is 0 Å². The molecule has 1 fully saturated rings. The molecule has 3 nitrogen and oxygen atoms in total. The highest BCUT2D eigenvalue weighted by atomic mass is 16.3. The zero-order chi connectivity index (χ0) is 41.1. The van der Waals surface area contributed by atoms with E-state index < -0.39 is 0 Å². The second kappa shape index (κ2) is 14.5. The van der Waals surface area contributed by atoms with Gasteiger partial charge in [-0.2, -0.15) is 0 Å². The van der Waals surface area contributed by atoms with Gasteiger partial charge in [0.15, 0.2) is 0 Å². The van der Waals surface area contributed by atoms with E-state index in [1.54, 1.807) is 33.7 Å². The summed E-state index contributed by atoms with van der Waals surface area (Å²) >= 11 is 0. The Balaban J connectivity index is 0.839. The number of hydrogen-bond acceptors (Lipinski definition) is 3. The number of furan rings is 1. The molecule has 62 heavy (non-hydrogen) atoms. The van der Waals surface area contributed by atoms with Crippen LogP contribution < -0.4 is 4.90 Å². The lowest BCUT2D eigenvalue weighted by atomic mass is 9.60. The summed E-state index contributed by atoms with van der Waals surface area (Å²) in [4.78, 5) is 5.60. The van der Waals surface area contributed by atoms with Gasteiger partial charge in [0.1, 0.15) is 11.5 Å². The Morgan fingerprint density at radius 2 is 1.65 bits per heavy atom. The van der Waals surface area contributed by atoms with Crippen molar-refractivity contribution in [1.29, 1.82) is 0 Å². The van der Waals surface area contributed by atoms with E-state index in [4.69, 9.17) is 4.42 Å². The number of nitrogens with zero attached hydrogens (tertiary/aromatic N) is 2. The minimum absolute atomic E-state index is 0.164. The molecule has 13 rings (SSSR count). The first kappa shape index (κ1) is 37.5. The van der Waals surface area contributed by atoms with Crippen molar-refractivity contribution in [2.75, 3.05) is 4.90 Å². The predicted octanol–water partition coefficient (Wildman–Crippen LogP) is 14.5. The van der Waals surface area contributed by atoms with Crippen LogP contribution in [0.15, 0.2) is 160 Å². The quantitative estimate of drug-likeness (QED) is 0.300. The third-order valence-corrected chi connectivity index (χ3v) is 17.6. The monoisotopic (exact) mass is 814 g/mol. The number of hydrogen-bond donors (Lipinski definition) is 0. The summed E-state index contributed by atoms with van der Waals surface area (Å²) < 4.78 is 7.14. The zero-order valence-electron chi connectivity index (χ0n) is 36.8. The first-order chi connectivity index (χ1) is 30.5. The summed E-state index contributed by atoms with van der Waals surface area (Å²) in [6.07, 6.45) is 56.6. The maximum absolute atomic E-state index is 7.14. The Bertz CT molecular complexity index is 2600. The topological polar surface area (TPSA) is 19.6 Å². The summed E-state index contributed by atoms with van der Waals surface area (Å²) in [5, 5.41) is 0. The average Bonchev–Trinajstić information content (AvgIpc) is 3.95. The lowest BCUT2D eigenvalue weighted by Gasteiger charge is -2.43. The van der Waals surface area contributed by atoms with E-state index in [2.05, 4.69) is 151 Å². The summed E-state index contributed by atoms with van der Waals surface area (Å²) in [5.74, 6) is 6.20. The molecule has 11 aliphatic rings. The molecule has 1 aromatic carbocycles. The van der Waals surface area contributed by atoms with Crippen LogP contribution in [0, 0.1) is 35.0 Å². The fourth-order valence-corrected chi connectivity index (χ4v) is 14.7. The molecule has 1 saturated carbocycles. The first-order valence-corrected chi connectivity index (χ1v) is 24.6. The molecule has 0 amide bonds. The largest absolute Gasteiger partial charge is 0.456 e. The van der Waals surface area contributed by atoms with Gasteiger partial charge in [0, 0.05) is 63.3 Å². The molecule has 9 atom stereocenters.